The Morgan fingerprint density at radius 2 is 1.69 bits per heavy atom. The van der Waals surface area contributed by atoms with Gasteiger partial charge in [0, 0.05) is 5.02 Å². The highest BCUT2D eigenvalue weighted by Crippen LogP contribution is 2.30. The van der Waals surface area contributed by atoms with E-state index in [1.54, 1.807) is 48.5 Å². The Bertz CT molecular complexity index is 1170. The van der Waals surface area contributed by atoms with E-state index in [1.807, 2.05) is 32.0 Å². The molecule has 3 rings (SSSR count). The van der Waals surface area contributed by atoms with E-state index in [0.717, 1.165) is 22.3 Å². The summed E-state index contributed by atoms with van der Waals surface area (Å²) >= 11 is 5.92. The van der Waals surface area contributed by atoms with E-state index in [4.69, 9.17) is 25.8 Å². The number of esters is 1. The van der Waals surface area contributed by atoms with Crippen molar-refractivity contribution in [2.45, 2.75) is 13.8 Å². The third-order valence-electron chi connectivity index (χ3n) is 4.55. The monoisotopic (exact) mass is 447 g/mol. The highest BCUT2D eigenvalue weighted by atomic mass is 35.5. The van der Waals surface area contributed by atoms with Crippen LogP contribution in [0.4, 0.5) is 0 Å². The van der Waals surface area contributed by atoms with Gasteiger partial charge >= 0.3 is 5.97 Å². The number of nitrogens with zero attached hydrogens (tertiary/aromatic N) is 1. The lowest BCUT2D eigenvalue weighted by atomic mass is 10.0. The number of rotatable bonds is 7. The number of methoxy groups -OCH3 is 1. The number of ether oxygens (including phenoxy) is 3. The first-order valence-electron chi connectivity index (χ1n) is 9.85. The van der Waals surface area contributed by atoms with E-state index >= 15 is 0 Å². The molecule has 0 heterocycles. The van der Waals surface area contributed by atoms with Gasteiger partial charge in [-0.1, -0.05) is 35.9 Å². The second-order valence-corrected chi connectivity index (χ2v) is 7.61. The van der Waals surface area contributed by atoms with Crippen molar-refractivity contribution in [2.24, 2.45) is 0 Å². The molecule has 0 aromatic heterocycles. The normalized spacial score (nSPS) is 10.9. The van der Waals surface area contributed by atoms with E-state index in [1.165, 1.54) is 7.11 Å². The van der Waals surface area contributed by atoms with Crippen molar-refractivity contribution in [3.05, 3.63) is 87.9 Å². The minimum absolute atomic E-state index is 0.233. The van der Waals surface area contributed by atoms with Gasteiger partial charge in [0.2, 0.25) is 0 Å². The van der Waals surface area contributed by atoms with Crippen molar-refractivity contribution in [3.8, 4) is 23.3 Å². The number of hydrogen-bond donors (Lipinski definition) is 0. The van der Waals surface area contributed by atoms with Crippen molar-refractivity contribution in [2.75, 3.05) is 13.7 Å². The van der Waals surface area contributed by atoms with Gasteiger partial charge in [-0.15, -0.1) is 0 Å². The molecule has 0 saturated carbocycles. The molecular weight excluding hydrogens is 426 g/mol. The zero-order valence-corrected chi connectivity index (χ0v) is 18.8. The SMILES string of the molecule is COc1cc(C=C(C#N)c2ccc(Cl)cc2)ccc1OC(=O)COc1cc(C)cc(C)c1. The zero-order valence-electron chi connectivity index (χ0n) is 18.0. The summed E-state index contributed by atoms with van der Waals surface area (Å²) in [6.45, 7) is 3.69. The molecule has 0 radical (unpaired) electrons. The Morgan fingerprint density at radius 3 is 2.31 bits per heavy atom. The fourth-order valence-corrected chi connectivity index (χ4v) is 3.27. The molecule has 0 saturated heterocycles. The Hall–Kier alpha value is -3.75. The summed E-state index contributed by atoms with van der Waals surface area (Å²) < 4.78 is 16.3. The van der Waals surface area contributed by atoms with Gasteiger partial charge in [-0.25, -0.2) is 4.79 Å². The average Bonchev–Trinajstić information content (AvgIpc) is 2.77. The number of allylic oxidation sites excluding steroid dienone is 1. The lowest BCUT2D eigenvalue weighted by Crippen LogP contribution is -2.18. The van der Waals surface area contributed by atoms with Gasteiger partial charge in [0.05, 0.1) is 18.8 Å². The van der Waals surface area contributed by atoms with Gasteiger partial charge < -0.3 is 14.2 Å². The molecule has 0 aliphatic rings. The van der Waals surface area contributed by atoms with Crippen LogP contribution >= 0.6 is 11.6 Å². The first-order chi connectivity index (χ1) is 15.4. The molecule has 0 bridgehead atoms. The van der Waals surface area contributed by atoms with E-state index < -0.39 is 5.97 Å². The van der Waals surface area contributed by atoms with Crippen molar-refractivity contribution in [3.63, 3.8) is 0 Å². The maximum atomic E-state index is 12.3. The van der Waals surface area contributed by atoms with E-state index in [0.29, 0.717) is 22.1 Å². The average molecular weight is 448 g/mol. The zero-order chi connectivity index (χ0) is 23.1. The standard InChI is InChI=1S/C26H22ClNO4/c1-17-10-18(2)12-23(11-17)31-16-26(29)32-24-9-4-19(14-25(24)30-3)13-21(15-28)20-5-7-22(27)8-6-20/h4-14H,16H2,1-3H3. The van der Waals surface area contributed by atoms with Crippen LogP contribution in [0.2, 0.25) is 5.02 Å². The van der Waals surface area contributed by atoms with Gasteiger partial charge in [0.15, 0.2) is 18.1 Å². The van der Waals surface area contributed by atoms with Crippen LogP contribution in [0.15, 0.2) is 60.7 Å². The summed E-state index contributed by atoms with van der Waals surface area (Å²) in [5.41, 5.74) is 4.04. The van der Waals surface area contributed by atoms with Crippen LogP contribution in [0, 0.1) is 25.2 Å². The molecular formula is C26H22ClNO4. The molecule has 0 aliphatic heterocycles. The van der Waals surface area contributed by atoms with E-state index in [2.05, 4.69) is 6.07 Å². The van der Waals surface area contributed by atoms with Crippen LogP contribution in [0.1, 0.15) is 22.3 Å². The van der Waals surface area contributed by atoms with Gasteiger partial charge in [-0.2, -0.15) is 5.26 Å². The van der Waals surface area contributed by atoms with Crippen molar-refractivity contribution < 1.29 is 19.0 Å². The van der Waals surface area contributed by atoms with Gasteiger partial charge in [0.25, 0.3) is 0 Å². The molecule has 0 amide bonds. The summed E-state index contributed by atoms with van der Waals surface area (Å²) in [4.78, 5) is 12.3. The molecule has 0 unspecified atom stereocenters. The number of carbonyl (C=O) groups excluding carboxylic acids is 1. The first-order valence-corrected chi connectivity index (χ1v) is 10.2. The van der Waals surface area contributed by atoms with Crippen molar-refractivity contribution in [1.29, 1.82) is 5.26 Å². The van der Waals surface area contributed by atoms with E-state index in [-0.39, 0.29) is 12.4 Å². The molecule has 5 nitrogen and oxygen atoms in total. The molecule has 3 aromatic carbocycles. The fraction of sp³-hybridized carbons (Fsp3) is 0.154. The van der Waals surface area contributed by atoms with Crippen LogP contribution in [-0.2, 0) is 4.79 Å². The number of benzene rings is 3. The predicted molar refractivity (Wildman–Crippen MR) is 125 cm³/mol. The Balaban J connectivity index is 1.72. The Kier molecular flexibility index (Phi) is 7.54. The molecule has 32 heavy (non-hydrogen) atoms. The summed E-state index contributed by atoms with van der Waals surface area (Å²) in [6.07, 6.45) is 1.72. The maximum absolute atomic E-state index is 12.3. The largest absolute Gasteiger partial charge is 0.493 e. The quantitative estimate of drug-likeness (QED) is 0.192. The highest BCUT2D eigenvalue weighted by Gasteiger charge is 2.12. The maximum Gasteiger partial charge on any atom is 0.349 e. The van der Waals surface area contributed by atoms with Crippen LogP contribution in [0.25, 0.3) is 11.6 Å². The van der Waals surface area contributed by atoms with Crippen LogP contribution in [0.3, 0.4) is 0 Å². The minimum atomic E-state index is -0.551. The molecule has 0 fully saturated rings. The van der Waals surface area contributed by atoms with Crippen LogP contribution in [-0.4, -0.2) is 19.7 Å². The second kappa shape index (κ2) is 10.5. The molecule has 0 aliphatic carbocycles. The van der Waals surface area contributed by atoms with Crippen molar-refractivity contribution >= 4 is 29.2 Å². The fourth-order valence-electron chi connectivity index (χ4n) is 3.15. The summed E-state index contributed by atoms with van der Waals surface area (Å²) in [5, 5.41) is 10.1. The van der Waals surface area contributed by atoms with Gasteiger partial charge in [0.1, 0.15) is 5.75 Å². The summed E-state index contributed by atoms with van der Waals surface area (Å²) in [7, 11) is 1.48. The molecule has 3 aromatic rings. The second-order valence-electron chi connectivity index (χ2n) is 7.17. The Labute approximate surface area is 192 Å². The number of halogens is 1. The number of carbonyl (C=O) groups is 1. The third-order valence-corrected chi connectivity index (χ3v) is 4.80. The molecule has 162 valence electrons. The lowest BCUT2D eigenvalue weighted by molar-refractivity contribution is -0.136. The van der Waals surface area contributed by atoms with Gasteiger partial charge in [-0.05, 0) is 78.6 Å². The highest BCUT2D eigenvalue weighted by molar-refractivity contribution is 6.30. The van der Waals surface area contributed by atoms with Crippen LogP contribution in [0.5, 0.6) is 17.2 Å². The van der Waals surface area contributed by atoms with E-state index in [9.17, 15) is 10.1 Å². The number of hydrogen-bond acceptors (Lipinski definition) is 5. The lowest BCUT2D eigenvalue weighted by Gasteiger charge is -2.11. The van der Waals surface area contributed by atoms with Crippen molar-refractivity contribution in [1.82, 2.24) is 0 Å². The summed E-state index contributed by atoms with van der Waals surface area (Å²) in [6, 6.07) is 20.0. The van der Waals surface area contributed by atoms with Crippen LogP contribution < -0.4 is 14.2 Å². The molecule has 0 atom stereocenters. The van der Waals surface area contributed by atoms with Gasteiger partial charge in [-0.3, -0.25) is 0 Å². The smallest absolute Gasteiger partial charge is 0.349 e. The summed E-state index contributed by atoms with van der Waals surface area (Å²) in [5.74, 6) is 0.693. The Morgan fingerprint density at radius 1 is 1.00 bits per heavy atom. The third kappa shape index (κ3) is 6.13. The number of aryl methyl sites for hydroxylation is 2. The molecule has 6 heteroatoms. The molecule has 0 N–H and O–H groups in total. The predicted octanol–water partition coefficient (Wildman–Crippen LogP) is 6.01. The number of nitriles is 1. The minimum Gasteiger partial charge on any atom is -0.493 e. The first kappa shape index (κ1) is 22.9. The molecule has 0 spiro atoms. The topological polar surface area (TPSA) is 68.5 Å².